The van der Waals surface area contributed by atoms with E-state index in [4.69, 9.17) is 5.73 Å². The third-order valence-corrected chi connectivity index (χ3v) is 4.85. The quantitative estimate of drug-likeness (QED) is 0.845. The number of hydrogen-bond donors (Lipinski definition) is 2. The van der Waals surface area contributed by atoms with Gasteiger partial charge >= 0.3 is 0 Å². The first-order valence-corrected chi connectivity index (χ1v) is 8.40. The van der Waals surface area contributed by atoms with E-state index >= 15 is 0 Å². The first kappa shape index (κ1) is 15.5. The monoisotopic (exact) mass is 295 g/mol. The summed E-state index contributed by atoms with van der Waals surface area (Å²) in [6.45, 7) is 5.57. The average Bonchev–Trinajstić information content (AvgIpc) is 3.00. The number of nitrogens with two attached hydrogens (primary N) is 1. The minimum Gasteiger partial charge on any atom is -0.352 e. The van der Waals surface area contributed by atoms with Gasteiger partial charge in [0, 0.05) is 24.0 Å². The molecule has 0 spiro atoms. The lowest BCUT2D eigenvalue weighted by Gasteiger charge is -2.32. The lowest BCUT2D eigenvalue weighted by molar-refractivity contribution is -0.123. The molecule has 1 fully saturated rings. The summed E-state index contributed by atoms with van der Waals surface area (Å²) in [4.78, 5) is 15.5. The van der Waals surface area contributed by atoms with Crippen molar-refractivity contribution in [3.63, 3.8) is 0 Å². The van der Waals surface area contributed by atoms with E-state index < -0.39 is 6.04 Å². The highest BCUT2D eigenvalue weighted by Crippen LogP contribution is 2.18. The molecule has 2 rings (SSSR count). The maximum absolute atomic E-state index is 12.1. The number of rotatable bonds is 6. The van der Waals surface area contributed by atoms with Gasteiger partial charge in [0.05, 0.1) is 0 Å². The Morgan fingerprint density at radius 3 is 2.90 bits per heavy atom. The zero-order valence-electron chi connectivity index (χ0n) is 12.2. The molecule has 0 radical (unpaired) electrons. The Kier molecular flexibility index (Phi) is 6.01. The van der Waals surface area contributed by atoms with E-state index in [9.17, 15) is 4.79 Å². The molecular formula is C15H25N3OS. The smallest absolute Gasteiger partial charge is 0.242 e. The predicted molar refractivity (Wildman–Crippen MR) is 83.8 cm³/mol. The van der Waals surface area contributed by atoms with Crippen molar-refractivity contribution < 1.29 is 4.79 Å². The zero-order chi connectivity index (χ0) is 14.4. The van der Waals surface area contributed by atoms with Gasteiger partial charge in [-0.15, -0.1) is 11.3 Å². The highest BCUT2D eigenvalue weighted by molar-refractivity contribution is 7.10. The van der Waals surface area contributed by atoms with Crippen LogP contribution in [0.3, 0.4) is 0 Å². The van der Waals surface area contributed by atoms with Gasteiger partial charge in [0.2, 0.25) is 5.91 Å². The van der Waals surface area contributed by atoms with Crippen molar-refractivity contribution in [3.8, 4) is 0 Å². The Hall–Kier alpha value is -0.910. The fraction of sp³-hybridized carbons (Fsp3) is 0.667. The van der Waals surface area contributed by atoms with Gasteiger partial charge in [-0.2, -0.15) is 0 Å². The molecule has 5 heteroatoms. The molecule has 3 N–H and O–H groups in total. The van der Waals surface area contributed by atoms with Crippen LogP contribution >= 0.6 is 11.3 Å². The number of thiophene rings is 1. The van der Waals surface area contributed by atoms with E-state index in [0.29, 0.717) is 0 Å². The van der Waals surface area contributed by atoms with Crippen molar-refractivity contribution in [1.82, 2.24) is 10.2 Å². The van der Waals surface area contributed by atoms with Crippen LogP contribution in [-0.2, 0) is 4.79 Å². The summed E-state index contributed by atoms with van der Waals surface area (Å²) in [7, 11) is 0. The van der Waals surface area contributed by atoms with Crippen molar-refractivity contribution in [3.05, 3.63) is 22.4 Å². The third-order valence-electron chi connectivity index (χ3n) is 3.89. The van der Waals surface area contributed by atoms with Crippen LogP contribution in [0.4, 0.5) is 0 Å². The van der Waals surface area contributed by atoms with E-state index in [1.54, 1.807) is 0 Å². The molecule has 2 heterocycles. The van der Waals surface area contributed by atoms with Crippen LogP contribution in [0.15, 0.2) is 17.5 Å². The van der Waals surface area contributed by atoms with Gasteiger partial charge < -0.3 is 16.0 Å². The second-order valence-corrected chi connectivity index (χ2v) is 6.45. The zero-order valence-corrected chi connectivity index (χ0v) is 13.0. The van der Waals surface area contributed by atoms with Crippen LogP contribution in [0.5, 0.6) is 0 Å². The Morgan fingerprint density at radius 2 is 2.30 bits per heavy atom. The normalized spacial score (nSPS) is 18.9. The van der Waals surface area contributed by atoms with Crippen LogP contribution in [0, 0.1) is 0 Å². The SMILES string of the molecule is CCCCN1CCC(NC(=O)C(N)c2cccs2)CC1. The first-order valence-electron chi connectivity index (χ1n) is 7.52. The molecule has 4 nitrogen and oxygen atoms in total. The largest absolute Gasteiger partial charge is 0.352 e. The number of nitrogens with zero attached hydrogens (tertiary/aromatic N) is 1. The van der Waals surface area contributed by atoms with Crippen LogP contribution in [0.2, 0.25) is 0 Å². The molecule has 0 aliphatic carbocycles. The molecular weight excluding hydrogens is 270 g/mol. The second-order valence-electron chi connectivity index (χ2n) is 5.47. The minimum absolute atomic E-state index is 0.0422. The van der Waals surface area contributed by atoms with Crippen LogP contribution in [0.25, 0.3) is 0 Å². The number of amides is 1. The molecule has 112 valence electrons. The van der Waals surface area contributed by atoms with E-state index in [1.165, 1.54) is 30.7 Å². The number of hydrogen-bond acceptors (Lipinski definition) is 4. The first-order chi connectivity index (χ1) is 9.70. The fourth-order valence-electron chi connectivity index (χ4n) is 2.57. The predicted octanol–water partition coefficient (Wildman–Crippen LogP) is 2.13. The van der Waals surface area contributed by atoms with Gasteiger partial charge in [0.25, 0.3) is 0 Å². The van der Waals surface area contributed by atoms with Gasteiger partial charge in [-0.3, -0.25) is 4.79 Å². The number of likely N-dealkylation sites (tertiary alicyclic amines) is 1. The second kappa shape index (κ2) is 7.76. The lowest BCUT2D eigenvalue weighted by atomic mass is 10.0. The Morgan fingerprint density at radius 1 is 1.55 bits per heavy atom. The summed E-state index contributed by atoms with van der Waals surface area (Å²) in [6.07, 6.45) is 4.58. The summed E-state index contributed by atoms with van der Waals surface area (Å²) in [5.74, 6) is -0.0422. The number of carbonyl (C=O) groups excluding carboxylic acids is 1. The minimum atomic E-state index is -0.520. The lowest BCUT2D eigenvalue weighted by Crippen LogP contribution is -2.47. The molecule has 1 aromatic heterocycles. The molecule has 20 heavy (non-hydrogen) atoms. The highest BCUT2D eigenvalue weighted by atomic mass is 32.1. The molecule has 1 amide bonds. The summed E-state index contributed by atoms with van der Waals surface area (Å²) >= 11 is 1.54. The van der Waals surface area contributed by atoms with Crippen LogP contribution in [0.1, 0.15) is 43.5 Å². The Labute approximate surface area is 125 Å². The summed E-state index contributed by atoms with van der Waals surface area (Å²) in [5, 5.41) is 5.05. The molecule has 1 saturated heterocycles. The summed E-state index contributed by atoms with van der Waals surface area (Å²) < 4.78 is 0. The molecule has 1 aliphatic rings. The number of piperidine rings is 1. The molecule has 1 aliphatic heterocycles. The maximum Gasteiger partial charge on any atom is 0.242 e. The van der Waals surface area contributed by atoms with E-state index in [0.717, 1.165) is 30.8 Å². The molecule has 0 bridgehead atoms. The molecule has 1 unspecified atom stereocenters. The third kappa shape index (κ3) is 4.30. The molecule has 0 aromatic carbocycles. The van der Waals surface area contributed by atoms with Gasteiger partial charge in [-0.05, 0) is 37.3 Å². The number of unbranched alkanes of at least 4 members (excludes halogenated alkanes) is 1. The van der Waals surface area contributed by atoms with Gasteiger partial charge in [-0.25, -0.2) is 0 Å². The van der Waals surface area contributed by atoms with Crippen molar-refractivity contribution in [2.75, 3.05) is 19.6 Å². The number of nitrogens with one attached hydrogen (secondary N) is 1. The molecule has 1 aromatic rings. The summed E-state index contributed by atoms with van der Waals surface area (Å²) in [6, 6.07) is 3.61. The van der Waals surface area contributed by atoms with Crippen LogP contribution < -0.4 is 11.1 Å². The van der Waals surface area contributed by atoms with E-state index in [1.807, 2.05) is 17.5 Å². The Balaban J connectivity index is 1.73. The van der Waals surface area contributed by atoms with Crippen molar-refractivity contribution in [2.24, 2.45) is 5.73 Å². The topological polar surface area (TPSA) is 58.4 Å². The Bertz CT molecular complexity index is 399. The van der Waals surface area contributed by atoms with Crippen molar-refractivity contribution >= 4 is 17.2 Å². The fourth-order valence-corrected chi connectivity index (χ4v) is 3.30. The molecule has 0 saturated carbocycles. The van der Waals surface area contributed by atoms with Gasteiger partial charge in [-0.1, -0.05) is 19.4 Å². The van der Waals surface area contributed by atoms with Crippen molar-refractivity contribution in [1.29, 1.82) is 0 Å². The van der Waals surface area contributed by atoms with Gasteiger partial charge in [0.15, 0.2) is 0 Å². The maximum atomic E-state index is 12.1. The molecule has 1 atom stereocenters. The van der Waals surface area contributed by atoms with Crippen LogP contribution in [-0.4, -0.2) is 36.5 Å². The van der Waals surface area contributed by atoms with Gasteiger partial charge in [0.1, 0.15) is 6.04 Å². The summed E-state index contributed by atoms with van der Waals surface area (Å²) in [5.41, 5.74) is 5.98. The van der Waals surface area contributed by atoms with E-state index in [-0.39, 0.29) is 11.9 Å². The highest BCUT2D eigenvalue weighted by Gasteiger charge is 2.23. The van der Waals surface area contributed by atoms with E-state index in [2.05, 4.69) is 17.1 Å². The standard InChI is InChI=1S/C15H25N3OS/c1-2-3-8-18-9-6-12(7-10-18)17-15(19)14(16)13-5-4-11-20-13/h4-5,11-12,14H,2-3,6-10,16H2,1H3,(H,17,19). The number of carbonyl (C=O) groups is 1. The average molecular weight is 295 g/mol. The van der Waals surface area contributed by atoms with Crippen molar-refractivity contribution in [2.45, 2.75) is 44.7 Å².